The van der Waals surface area contributed by atoms with Crippen molar-refractivity contribution in [1.82, 2.24) is 34.4 Å². The fraction of sp³-hybridized carbons (Fsp3) is 0.500. The van der Waals surface area contributed by atoms with E-state index in [0.29, 0.717) is 48.7 Å². The molecule has 13 heteroatoms. The van der Waals surface area contributed by atoms with E-state index in [0.717, 1.165) is 58.9 Å². The highest BCUT2D eigenvalue weighted by Gasteiger charge is 2.31. The van der Waals surface area contributed by atoms with Crippen molar-refractivity contribution in [2.45, 2.75) is 57.5 Å². The van der Waals surface area contributed by atoms with Crippen LogP contribution in [0.5, 0.6) is 0 Å². The number of esters is 2. The lowest BCUT2D eigenvalue weighted by Crippen LogP contribution is -2.12. The van der Waals surface area contributed by atoms with Gasteiger partial charge < -0.3 is 14.4 Å². The van der Waals surface area contributed by atoms with Gasteiger partial charge in [0.05, 0.1) is 18.9 Å². The molecule has 2 aliphatic carbocycles. The smallest absolute Gasteiger partial charge is 0.356 e. The largest absolute Gasteiger partial charge is 0.461 e. The van der Waals surface area contributed by atoms with E-state index in [-0.39, 0.29) is 11.8 Å². The van der Waals surface area contributed by atoms with Crippen molar-refractivity contribution in [3.05, 3.63) is 51.7 Å². The second kappa shape index (κ2) is 14.0. The van der Waals surface area contributed by atoms with E-state index >= 15 is 0 Å². The maximum atomic E-state index is 12.6. The molecule has 2 aliphatic rings. The summed E-state index contributed by atoms with van der Waals surface area (Å²) in [6, 6.07) is 0. The quantitative estimate of drug-likeness (QED) is 0.133. The zero-order valence-corrected chi connectivity index (χ0v) is 26.7. The van der Waals surface area contributed by atoms with E-state index in [2.05, 4.69) is 20.2 Å². The second-order valence-electron chi connectivity index (χ2n) is 10.4. The Kier molecular flexibility index (Phi) is 10.4. The standard InChI is InChI=1S/C15H18N4O2S.C15H21N3O3/c1-4-21-14(20)13-10-7-5-6-9-8-16-15(22-3)17-11(9)12(10)18-19(13)2;1-5-21-15(20)13-11-8-6-7-10(9-17(2)3)14(19)12(11)16-18(13)4/h8H,4-7H2,1-3H3;9H,5-8H2,1-4H3/b;10-9+. The third-order valence-corrected chi connectivity index (χ3v) is 7.71. The fourth-order valence-electron chi connectivity index (χ4n) is 5.38. The van der Waals surface area contributed by atoms with E-state index in [1.807, 2.05) is 37.6 Å². The van der Waals surface area contributed by atoms with Crippen LogP contribution in [0.4, 0.5) is 0 Å². The number of carbonyl (C=O) groups excluding carboxylic acids is 3. The maximum absolute atomic E-state index is 12.6. The van der Waals surface area contributed by atoms with Crippen LogP contribution in [0.15, 0.2) is 23.1 Å². The molecule has 230 valence electrons. The molecule has 0 radical (unpaired) electrons. The molecule has 0 aromatic carbocycles. The summed E-state index contributed by atoms with van der Waals surface area (Å²) >= 11 is 1.50. The van der Waals surface area contributed by atoms with Gasteiger partial charge in [-0.15, -0.1) is 0 Å². The van der Waals surface area contributed by atoms with Gasteiger partial charge in [0, 0.05) is 57.3 Å². The Labute approximate surface area is 255 Å². The zero-order valence-electron chi connectivity index (χ0n) is 25.9. The third kappa shape index (κ3) is 6.82. The van der Waals surface area contributed by atoms with Crippen LogP contribution in [0.1, 0.15) is 81.3 Å². The molecular weight excluding hydrogens is 570 g/mol. The second-order valence-corrected chi connectivity index (χ2v) is 11.2. The van der Waals surface area contributed by atoms with Crippen molar-refractivity contribution < 1.29 is 23.9 Å². The van der Waals surface area contributed by atoms with E-state index in [4.69, 9.17) is 9.47 Å². The van der Waals surface area contributed by atoms with E-state index < -0.39 is 5.97 Å². The lowest BCUT2D eigenvalue weighted by Gasteiger charge is -2.08. The first-order valence-corrected chi connectivity index (χ1v) is 15.6. The number of thioether (sulfide) groups is 1. The van der Waals surface area contributed by atoms with Crippen LogP contribution < -0.4 is 0 Å². The van der Waals surface area contributed by atoms with Gasteiger partial charge in [-0.1, -0.05) is 11.8 Å². The van der Waals surface area contributed by atoms with Crippen LogP contribution in [0.3, 0.4) is 0 Å². The van der Waals surface area contributed by atoms with Crippen LogP contribution in [0.25, 0.3) is 11.4 Å². The summed E-state index contributed by atoms with van der Waals surface area (Å²) in [6.07, 6.45) is 10.5. The summed E-state index contributed by atoms with van der Waals surface area (Å²) in [5, 5.41) is 9.53. The highest BCUT2D eigenvalue weighted by molar-refractivity contribution is 7.98. The number of ether oxygens (including phenoxy) is 2. The number of aromatic nitrogens is 6. The summed E-state index contributed by atoms with van der Waals surface area (Å²) in [5.41, 5.74) is 6.41. The minimum Gasteiger partial charge on any atom is -0.461 e. The van der Waals surface area contributed by atoms with Crippen molar-refractivity contribution in [3.63, 3.8) is 0 Å². The average molecular weight is 610 g/mol. The molecule has 3 aromatic rings. The molecule has 3 aromatic heterocycles. The summed E-state index contributed by atoms with van der Waals surface area (Å²) in [7, 11) is 7.21. The van der Waals surface area contributed by atoms with Crippen molar-refractivity contribution in [1.29, 1.82) is 0 Å². The molecule has 3 heterocycles. The molecule has 0 saturated carbocycles. The Bertz CT molecular complexity index is 1560. The Hall–Kier alpha value is -4.00. The van der Waals surface area contributed by atoms with E-state index in [1.54, 1.807) is 32.6 Å². The molecule has 0 spiro atoms. The average Bonchev–Trinajstić information content (AvgIpc) is 3.36. The van der Waals surface area contributed by atoms with Crippen LogP contribution in [0, 0.1) is 0 Å². The van der Waals surface area contributed by atoms with Gasteiger partial charge in [0.2, 0.25) is 5.78 Å². The van der Waals surface area contributed by atoms with Crippen molar-refractivity contribution in [2.75, 3.05) is 33.6 Å². The van der Waals surface area contributed by atoms with Gasteiger partial charge in [-0.25, -0.2) is 19.6 Å². The van der Waals surface area contributed by atoms with E-state index in [1.165, 1.54) is 16.4 Å². The first-order valence-electron chi connectivity index (χ1n) is 14.4. The minimum atomic E-state index is -0.415. The summed E-state index contributed by atoms with van der Waals surface area (Å²) in [6.45, 7) is 4.23. The van der Waals surface area contributed by atoms with Crippen molar-refractivity contribution in [3.8, 4) is 11.4 Å². The van der Waals surface area contributed by atoms with Gasteiger partial charge in [0.1, 0.15) is 22.8 Å². The highest BCUT2D eigenvalue weighted by atomic mass is 32.2. The fourth-order valence-corrected chi connectivity index (χ4v) is 5.72. The lowest BCUT2D eigenvalue weighted by atomic mass is 10.1. The molecule has 0 fully saturated rings. The van der Waals surface area contributed by atoms with Crippen molar-refractivity contribution in [2.24, 2.45) is 14.1 Å². The Morgan fingerprint density at radius 2 is 1.47 bits per heavy atom. The van der Waals surface area contributed by atoms with Crippen LogP contribution in [-0.2, 0) is 42.8 Å². The van der Waals surface area contributed by atoms with Crippen LogP contribution >= 0.6 is 11.8 Å². The Morgan fingerprint density at radius 3 is 2.02 bits per heavy atom. The summed E-state index contributed by atoms with van der Waals surface area (Å²) < 4.78 is 13.3. The topological polar surface area (TPSA) is 134 Å². The highest BCUT2D eigenvalue weighted by Crippen LogP contribution is 2.33. The number of carbonyl (C=O) groups is 3. The number of fused-ring (bicyclic) bond motifs is 4. The molecule has 0 unspecified atom stereocenters. The predicted octanol–water partition coefficient (Wildman–Crippen LogP) is 3.83. The number of aryl methyl sites for hydroxylation is 3. The van der Waals surface area contributed by atoms with Gasteiger partial charge >= 0.3 is 11.9 Å². The lowest BCUT2D eigenvalue weighted by molar-refractivity contribution is 0.0502. The van der Waals surface area contributed by atoms with E-state index in [9.17, 15) is 14.4 Å². The van der Waals surface area contributed by atoms with Gasteiger partial charge in [0.25, 0.3) is 0 Å². The molecule has 0 atom stereocenters. The minimum absolute atomic E-state index is 0.0950. The maximum Gasteiger partial charge on any atom is 0.356 e. The zero-order chi connectivity index (χ0) is 31.3. The number of ketones is 1. The van der Waals surface area contributed by atoms with Gasteiger partial charge in [-0.2, -0.15) is 10.2 Å². The molecule has 5 rings (SSSR count). The molecule has 0 N–H and O–H groups in total. The van der Waals surface area contributed by atoms with Crippen LogP contribution in [-0.4, -0.2) is 85.7 Å². The molecule has 0 bridgehead atoms. The van der Waals surface area contributed by atoms with Crippen LogP contribution in [0.2, 0.25) is 0 Å². The monoisotopic (exact) mass is 609 g/mol. The number of nitrogens with zero attached hydrogens (tertiary/aromatic N) is 7. The first-order chi connectivity index (χ1) is 20.6. The molecule has 12 nitrogen and oxygen atoms in total. The SMILES string of the molecule is CCOC(=O)c1c2c(nn1C)-c1nc(SC)ncc1CCC2.CCOC(=O)c1c2c(nn1C)C(=O)/C(=C/N(C)C)CCC2. The molecule has 0 amide bonds. The normalized spacial score (nSPS) is 14.9. The summed E-state index contributed by atoms with van der Waals surface area (Å²) in [4.78, 5) is 47.7. The molecule has 0 saturated heterocycles. The summed E-state index contributed by atoms with van der Waals surface area (Å²) in [5.74, 6) is -0.828. The predicted molar refractivity (Wildman–Crippen MR) is 162 cm³/mol. The Morgan fingerprint density at radius 1 is 0.907 bits per heavy atom. The molecular formula is C30H39N7O5S. The number of hydrogen-bond donors (Lipinski definition) is 0. The Balaban J connectivity index is 0.000000197. The number of Topliss-reactive ketones (excluding diaryl/α,β-unsaturated/α-hetero) is 1. The molecule has 0 aliphatic heterocycles. The molecule has 43 heavy (non-hydrogen) atoms. The van der Waals surface area contributed by atoms with Gasteiger partial charge in [-0.3, -0.25) is 14.2 Å². The number of hydrogen-bond acceptors (Lipinski definition) is 11. The van der Waals surface area contributed by atoms with Gasteiger partial charge in [-0.05, 0) is 64.2 Å². The van der Waals surface area contributed by atoms with Gasteiger partial charge in [0.15, 0.2) is 5.16 Å². The van der Waals surface area contributed by atoms with Crippen molar-refractivity contribution >= 4 is 29.5 Å². The number of rotatable bonds is 6. The number of allylic oxidation sites excluding steroid dienone is 1. The first kappa shape index (κ1) is 31.9. The third-order valence-electron chi connectivity index (χ3n) is 7.14.